The number of hydrogen-bond acceptors (Lipinski definition) is 10. The van der Waals surface area contributed by atoms with Crippen LogP contribution in [0.3, 0.4) is 0 Å². The molecular weight excluding hydrogens is 508 g/mol. The zero-order valence-corrected chi connectivity index (χ0v) is 21.3. The van der Waals surface area contributed by atoms with Gasteiger partial charge in [-0.15, -0.1) is 0 Å². The molecule has 0 unspecified atom stereocenters. The number of carbonyl (C=O) groups is 2. The molecule has 1 aliphatic rings. The highest BCUT2D eigenvalue weighted by Crippen LogP contribution is 2.39. The summed E-state index contributed by atoms with van der Waals surface area (Å²) < 4.78 is 21.2. The third-order valence-electron chi connectivity index (χ3n) is 6.45. The Morgan fingerprint density at radius 2 is 1.62 bits per heavy atom. The van der Waals surface area contributed by atoms with E-state index in [2.05, 4.69) is 0 Å². The van der Waals surface area contributed by atoms with Crippen LogP contribution in [0.25, 0.3) is 6.08 Å². The molecule has 0 amide bonds. The highest BCUT2D eigenvalue weighted by molar-refractivity contribution is 5.89. The number of ether oxygens (including phenoxy) is 4. The van der Waals surface area contributed by atoms with Crippen molar-refractivity contribution < 1.29 is 49.0 Å². The lowest BCUT2D eigenvalue weighted by Crippen LogP contribution is -2.20. The van der Waals surface area contributed by atoms with Crippen LogP contribution in [0, 0.1) is 11.8 Å². The van der Waals surface area contributed by atoms with E-state index in [4.69, 9.17) is 18.9 Å². The molecule has 0 aromatic heterocycles. The van der Waals surface area contributed by atoms with Gasteiger partial charge in [0.25, 0.3) is 0 Å². The van der Waals surface area contributed by atoms with Crippen LogP contribution in [0.1, 0.15) is 16.7 Å². The largest absolute Gasteiger partial charge is 0.504 e. The van der Waals surface area contributed by atoms with Crippen LogP contribution in [0.4, 0.5) is 0 Å². The van der Waals surface area contributed by atoms with E-state index in [-0.39, 0.29) is 53.0 Å². The maximum Gasteiger partial charge on any atom is 0.336 e. The molecule has 10 heteroatoms. The number of phenols is 4. The third-order valence-corrected chi connectivity index (χ3v) is 6.45. The van der Waals surface area contributed by atoms with E-state index in [0.29, 0.717) is 29.7 Å². The van der Waals surface area contributed by atoms with Crippen molar-refractivity contribution in [2.75, 3.05) is 20.8 Å². The fourth-order valence-electron chi connectivity index (χ4n) is 4.41. The van der Waals surface area contributed by atoms with Crippen molar-refractivity contribution in [3.05, 3.63) is 71.3 Å². The first-order valence-electron chi connectivity index (χ1n) is 12.0. The minimum Gasteiger partial charge on any atom is -0.504 e. The van der Waals surface area contributed by atoms with E-state index in [1.807, 2.05) is 0 Å². The van der Waals surface area contributed by atoms with E-state index in [1.54, 1.807) is 24.3 Å². The van der Waals surface area contributed by atoms with Gasteiger partial charge in [0.05, 0.1) is 26.7 Å². The van der Waals surface area contributed by atoms with Crippen LogP contribution >= 0.6 is 0 Å². The Hall–Kier alpha value is -4.86. The number of cyclic esters (lactones) is 1. The highest BCUT2D eigenvalue weighted by Gasteiger charge is 2.37. The lowest BCUT2D eigenvalue weighted by Gasteiger charge is -2.17. The van der Waals surface area contributed by atoms with Crippen molar-refractivity contribution in [1.29, 1.82) is 0 Å². The van der Waals surface area contributed by atoms with Gasteiger partial charge >= 0.3 is 11.9 Å². The molecule has 0 spiro atoms. The second-order valence-corrected chi connectivity index (χ2v) is 9.06. The predicted octanol–water partition coefficient (Wildman–Crippen LogP) is 3.72. The summed E-state index contributed by atoms with van der Waals surface area (Å²) in [6.45, 7) is 0.214. The summed E-state index contributed by atoms with van der Waals surface area (Å²) in [5, 5.41) is 38.8. The van der Waals surface area contributed by atoms with E-state index in [0.717, 1.165) is 5.56 Å². The molecule has 0 bridgehead atoms. The minimum atomic E-state index is -0.680. The molecule has 0 aliphatic carbocycles. The second-order valence-electron chi connectivity index (χ2n) is 9.06. The molecule has 39 heavy (non-hydrogen) atoms. The SMILES string of the molecule is COc1cc(C[C@H]2C(=O)OC[C@@H]2Cc2cc(O)c(O)c(OC)c2)ccc1OC(=O)/C=C/c1ccc(O)c(O)c1. The molecule has 0 saturated carbocycles. The molecule has 3 aromatic rings. The van der Waals surface area contributed by atoms with Crippen LogP contribution in [-0.4, -0.2) is 53.2 Å². The molecule has 4 N–H and O–H groups in total. The van der Waals surface area contributed by atoms with Crippen LogP contribution in [0.15, 0.2) is 54.6 Å². The molecule has 1 saturated heterocycles. The van der Waals surface area contributed by atoms with Gasteiger partial charge < -0.3 is 39.4 Å². The summed E-state index contributed by atoms with van der Waals surface area (Å²) in [5.41, 5.74) is 1.94. The average molecular weight is 537 g/mol. The average Bonchev–Trinajstić information content (AvgIpc) is 3.25. The predicted molar refractivity (Wildman–Crippen MR) is 139 cm³/mol. The second kappa shape index (κ2) is 11.7. The molecule has 3 aromatic carbocycles. The fourth-order valence-corrected chi connectivity index (χ4v) is 4.41. The summed E-state index contributed by atoms with van der Waals surface area (Å²) in [4.78, 5) is 24.9. The Kier molecular flexibility index (Phi) is 8.14. The van der Waals surface area contributed by atoms with E-state index >= 15 is 0 Å². The molecule has 1 aliphatic heterocycles. The fraction of sp³-hybridized carbons (Fsp3) is 0.241. The summed E-state index contributed by atoms with van der Waals surface area (Å²) >= 11 is 0. The number of phenolic OH excluding ortho intramolecular Hbond substituents is 4. The highest BCUT2D eigenvalue weighted by atomic mass is 16.6. The normalized spacial score (nSPS) is 16.7. The molecule has 1 heterocycles. The molecule has 1 fully saturated rings. The van der Waals surface area contributed by atoms with Crippen molar-refractivity contribution in [3.8, 4) is 40.2 Å². The number of benzene rings is 3. The van der Waals surface area contributed by atoms with Gasteiger partial charge in [-0.3, -0.25) is 4.79 Å². The first-order chi connectivity index (χ1) is 18.7. The zero-order valence-electron chi connectivity index (χ0n) is 21.3. The number of rotatable bonds is 9. The van der Waals surface area contributed by atoms with Gasteiger partial charge in [-0.05, 0) is 72.0 Å². The summed E-state index contributed by atoms with van der Waals surface area (Å²) in [7, 11) is 2.82. The summed E-state index contributed by atoms with van der Waals surface area (Å²) in [5.74, 6) is -2.28. The van der Waals surface area contributed by atoms with Crippen molar-refractivity contribution >= 4 is 18.0 Å². The van der Waals surface area contributed by atoms with Crippen LogP contribution in [0.5, 0.6) is 40.2 Å². The third kappa shape index (κ3) is 6.35. The number of hydrogen-bond donors (Lipinski definition) is 4. The van der Waals surface area contributed by atoms with Gasteiger partial charge in [-0.25, -0.2) is 4.79 Å². The molecule has 2 atom stereocenters. The standard InChI is InChI=1S/C29H28O10/c1-36-25-13-17(4-7-24(25)39-27(33)8-5-16-3-6-21(30)22(31)11-16)10-20-19(15-38-29(20)35)9-18-12-23(32)28(34)26(14-18)37-2/h3-8,11-14,19-20,30-32,34H,9-10,15H2,1-2H3/b8-5+/t19-,20+/m0/s1. The Bertz CT molecular complexity index is 1410. The molecule has 4 rings (SSSR count). The van der Waals surface area contributed by atoms with Crippen molar-refractivity contribution in [3.63, 3.8) is 0 Å². The van der Waals surface area contributed by atoms with Crippen LogP contribution < -0.4 is 14.2 Å². The van der Waals surface area contributed by atoms with Gasteiger partial charge in [-0.2, -0.15) is 0 Å². The van der Waals surface area contributed by atoms with Crippen molar-refractivity contribution in [1.82, 2.24) is 0 Å². The molecule has 204 valence electrons. The van der Waals surface area contributed by atoms with Crippen LogP contribution in [-0.2, 0) is 27.2 Å². The molecular formula is C29H28O10. The number of esters is 2. The summed E-state index contributed by atoms with van der Waals surface area (Å²) in [6, 6.07) is 12.2. The van der Waals surface area contributed by atoms with Gasteiger partial charge in [0, 0.05) is 12.0 Å². The smallest absolute Gasteiger partial charge is 0.336 e. The van der Waals surface area contributed by atoms with Crippen LogP contribution in [0.2, 0.25) is 0 Å². The van der Waals surface area contributed by atoms with E-state index in [1.165, 1.54) is 50.6 Å². The maximum absolute atomic E-state index is 12.5. The van der Waals surface area contributed by atoms with E-state index < -0.39 is 11.9 Å². The Morgan fingerprint density at radius 1 is 0.872 bits per heavy atom. The monoisotopic (exact) mass is 536 g/mol. The number of carbonyl (C=O) groups excluding carboxylic acids is 2. The Labute approximate surface area is 224 Å². The lowest BCUT2D eigenvalue weighted by atomic mass is 9.85. The lowest BCUT2D eigenvalue weighted by molar-refractivity contribution is -0.141. The first kappa shape index (κ1) is 27.2. The Morgan fingerprint density at radius 3 is 2.33 bits per heavy atom. The molecule has 0 radical (unpaired) electrons. The topological polar surface area (TPSA) is 152 Å². The number of aromatic hydroxyl groups is 4. The van der Waals surface area contributed by atoms with Gasteiger partial charge in [0.15, 0.2) is 34.5 Å². The first-order valence-corrected chi connectivity index (χ1v) is 12.0. The van der Waals surface area contributed by atoms with Crippen molar-refractivity contribution in [2.45, 2.75) is 12.8 Å². The number of methoxy groups -OCH3 is 2. The van der Waals surface area contributed by atoms with Gasteiger partial charge in [-0.1, -0.05) is 12.1 Å². The van der Waals surface area contributed by atoms with Gasteiger partial charge in [0.1, 0.15) is 0 Å². The zero-order chi connectivity index (χ0) is 28.1. The maximum atomic E-state index is 12.5. The van der Waals surface area contributed by atoms with Gasteiger partial charge in [0.2, 0.25) is 5.75 Å². The van der Waals surface area contributed by atoms with E-state index in [9.17, 15) is 30.0 Å². The Balaban J connectivity index is 1.45. The minimum absolute atomic E-state index is 0.137. The van der Waals surface area contributed by atoms with Crippen molar-refractivity contribution in [2.24, 2.45) is 11.8 Å². The molecule has 10 nitrogen and oxygen atoms in total. The summed E-state index contributed by atoms with van der Waals surface area (Å²) in [6.07, 6.45) is 3.37. The quantitative estimate of drug-likeness (QED) is 0.138.